The molecule has 0 radical (unpaired) electrons. The zero-order valence-corrected chi connectivity index (χ0v) is 14.6. The second-order valence-electron chi connectivity index (χ2n) is 6.18. The van der Waals surface area contributed by atoms with Crippen LogP contribution < -0.4 is 10.1 Å². The van der Waals surface area contributed by atoms with Crippen molar-refractivity contribution in [1.82, 2.24) is 25.2 Å². The largest absolute Gasteiger partial charge is 0.493 e. The molecule has 1 aromatic carbocycles. The van der Waals surface area contributed by atoms with E-state index in [9.17, 15) is 4.79 Å². The van der Waals surface area contributed by atoms with Gasteiger partial charge in [-0.1, -0.05) is 24.2 Å². The Hall–Kier alpha value is -3.16. The molecular formula is C18H19N5O3. The van der Waals surface area contributed by atoms with Gasteiger partial charge in [-0.05, 0) is 6.07 Å². The fourth-order valence-corrected chi connectivity index (χ4v) is 2.97. The first-order valence-electron chi connectivity index (χ1n) is 8.53. The van der Waals surface area contributed by atoms with Crippen molar-refractivity contribution < 1.29 is 14.1 Å². The summed E-state index contributed by atoms with van der Waals surface area (Å²) in [7, 11) is 1.78. The molecule has 0 saturated heterocycles. The van der Waals surface area contributed by atoms with Crippen LogP contribution in [-0.2, 0) is 13.5 Å². The van der Waals surface area contributed by atoms with Gasteiger partial charge in [-0.2, -0.15) is 10.1 Å². The van der Waals surface area contributed by atoms with Gasteiger partial charge in [0, 0.05) is 37.2 Å². The first kappa shape index (κ1) is 16.3. The van der Waals surface area contributed by atoms with E-state index < -0.39 is 0 Å². The van der Waals surface area contributed by atoms with Crippen LogP contribution in [0.15, 0.2) is 35.1 Å². The van der Waals surface area contributed by atoms with E-state index in [2.05, 4.69) is 20.6 Å². The molecule has 26 heavy (non-hydrogen) atoms. The summed E-state index contributed by atoms with van der Waals surface area (Å²) >= 11 is 0. The number of rotatable bonds is 4. The van der Waals surface area contributed by atoms with Crippen molar-refractivity contribution in [3.63, 3.8) is 0 Å². The first-order valence-corrected chi connectivity index (χ1v) is 8.53. The van der Waals surface area contributed by atoms with Crippen LogP contribution in [0.3, 0.4) is 0 Å². The number of amides is 1. The number of aryl methyl sites for hydroxylation is 2. The molecule has 1 aliphatic heterocycles. The highest BCUT2D eigenvalue weighted by Crippen LogP contribution is 2.35. The van der Waals surface area contributed by atoms with Gasteiger partial charge < -0.3 is 14.6 Å². The number of fused-ring (bicyclic) bond motifs is 1. The number of carbonyl (C=O) groups excluding carboxylic acids is 1. The van der Waals surface area contributed by atoms with Gasteiger partial charge in [-0.3, -0.25) is 9.48 Å². The third-order valence-electron chi connectivity index (χ3n) is 4.35. The molecule has 2 aromatic heterocycles. The van der Waals surface area contributed by atoms with E-state index in [1.165, 1.54) is 0 Å². The molecule has 0 bridgehead atoms. The van der Waals surface area contributed by atoms with Crippen molar-refractivity contribution in [2.75, 3.05) is 6.61 Å². The Kier molecular flexibility index (Phi) is 4.16. The molecule has 1 atom stereocenters. The highest BCUT2D eigenvalue weighted by Gasteiger charge is 2.25. The third kappa shape index (κ3) is 3.05. The summed E-state index contributed by atoms with van der Waals surface area (Å²) in [6.45, 7) is 2.49. The van der Waals surface area contributed by atoms with Crippen LogP contribution in [0.25, 0.3) is 11.4 Å². The van der Waals surface area contributed by atoms with E-state index in [0.29, 0.717) is 36.7 Å². The maximum Gasteiger partial charge on any atom is 0.254 e. The molecule has 0 saturated carbocycles. The summed E-state index contributed by atoms with van der Waals surface area (Å²) in [4.78, 5) is 16.8. The Morgan fingerprint density at radius 2 is 2.31 bits per heavy atom. The lowest BCUT2D eigenvalue weighted by molar-refractivity contribution is 0.0924. The van der Waals surface area contributed by atoms with Gasteiger partial charge in [0.05, 0.1) is 24.4 Å². The lowest BCUT2D eigenvalue weighted by Crippen LogP contribution is -2.32. The van der Waals surface area contributed by atoms with E-state index in [-0.39, 0.29) is 11.9 Å². The molecule has 134 valence electrons. The molecule has 0 fully saturated rings. The van der Waals surface area contributed by atoms with Crippen molar-refractivity contribution in [1.29, 1.82) is 0 Å². The van der Waals surface area contributed by atoms with E-state index in [1.54, 1.807) is 24.1 Å². The normalized spacial score (nSPS) is 16.0. The van der Waals surface area contributed by atoms with Crippen LogP contribution in [-0.4, -0.2) is 32.4 Å². The molecule has 3 heterocycles. The van der Waals surface area contributed by atoms with Crippen LogP contribution in [0.5, 0.6) is 5.75 Å². The predicted octanol–water partition coefficient (Wildman–Crippen LogP) is 2.29. The second kappa shape index (κ2) is 6.62. The molecule has 1 N–H and O–H groups in total. The van der Waals surface area contributed by atoms with Crippen LogP contribution in [0.1, 0.15) is 41.2 Å². The highest BCUT2D eigenvalue weighted by atomic mass is 16.5. The number of aromatic nitrogens is 4. The van der Waals surface area contributed by atoms with Gasteiger partial charge in [0.15, 0.2) is 0 Å². The molecule has 0 aliphatic carbocycles. The number of nitrogens with zero attached hydrogens (tertiary/aromatic N) is 4. The number of ether oxygens (including phenoxy) is 1. The summed E-state index contributed by atoms with van der Waals surface area (Å²) in [5.74, 6) is 1.72. The van der Waals surface area contributed by atoms with Crippen molar-refractivity contribution in [2.24, 2.45) is 7.05 Å². The Labute approximate surface area is 150 Å². The summed E-state index contributed by atoms with van der Waals surface area (Å²) in [5.41, 5.74) is 2.30. The molecular weight excluding hydrogens is 334 g/mol. The Balaban J connectivity index is 1.57. The minimum atomic E-state index is -0.147. The van der Waals surface area contributed by atoms with E-state index in [4.69, 9.17) is 9.26 Å². The number of carbonyl (C=O) groups is 1. The second-order valence-corrected chi connectivity index (χ2v) is 6.18. The molecule has 1 aliphatic rings. The smallest absolute Gasteiger partial charge is 0.254 e. The van der Waals surface area contributed by atoms with Gasteiger partial charge in [0.25, 0.3) is 5.91 Å². The standard InChI is InChI=1S/C18H19N5O3/c1-3-16-21-17(22-26-16)11-4-5-13-14(6-7-25-15(13)8-11)20-18(24)12-9-19-23(2)10-12/h4-5,8-10,14H,3,6-7H2,1-2H3,(H,20,24). The van der Waals surface area contributed by atoms with Gasteiger partial charge in [0.1, 0.15) is 5.75 Å². The Morgan fingerprint density at radius 1 is 1.42 bits per heavy atom. The number of nitrogens with one attached hydrogen (secondary N) is 1. The molecule has 8 heteroatoms. The molecule has 3 aromatic rings. The summed E-state index contributed by atoms with van der Waals surface area (Å²) in [6.07, 6.45) is 4.65. The molecule has 1 amide bonds. The zero-order valence-electron chi connectivity index (χ0n) is 14.6. The SMILES string of the molecule is CCc1nc(-c2ccc3c(c2)OCCC3NC(=O)c2cnn(C)c2)no1. The van der Waals surface area contributed by atoms with Gasteiger partial charge >= 0.3 is 0 Å². The predicted molar refractivity (Wildman–Crippen MR) is 92.6 cm³/mol. The summed E-state index contributed by atoms with van der Waals surface area (Å²) in [5, 5.41) is 11.1. The average molecular weight is 353 g/mol. The summed E-state index contributed by atoms with van der Waals surface area (Å²) < 4.78 is 12.6. The van der Waals surface area contributed by atoms with Crippen molar-refractivity contribution in [2.45, 2.75) is 25.8 Å². The molecule has 1 unspecified atom stereocenters. The topological polar surface area (TPSA) is 95.1 Å². The number of hydrogen-bond donors (Lipinski definition) is 1. The highest BCUT2D eigenvalue weighted by molar-refractivity contribution is 5.94. The Bertz CT molecular complexity index is 946. The lowest BCUT2D eigenvalue weighted by Gasteiger charge is -2.26. The summed E-state index contributed by atoms with van der Waals surface area (Å²) in [6, 6.07) is 5.64. The van der Waals surface area contributed by atoms with Crippen LogP contribution >= 0.6 is 0 Å². The van der Waals surface area contributed by atoms with Crippen LogP contribution in [0.2, 0.25) is 0 Å². The van der Waals surface area contributed by atoms with Crippen molar-refractivity contribution in [3.05, 3.63) is 47.6 Å². The van der Waals surface area contributed by atoms with E-state index in [1.807, 2.05) is 25.1 Å². The minimum Gasteiger partial charge on any atom is -0.493 e. The van der Waals surface area contributed by atoms with Crippen molar-refractivity contribution >= 4 is 5.91 Å². The minimum absolute atomic E-state index is 0.114. The Morgan fingerprint density at radius 3 is 3.04 bits per heavy atom. The third-order valence-corrected chi connectivity index (χ3v) is 4.35. The number of hydrogen-bond acceptors (Lipinski definition) is 6. The maximum atomic E-state index is 12.4. The van der Waals surface area contributed by atoms with E-state index in [0.717, 1.165) is 16.9 Å². The molecule has 4 rings (SSSR count). The van der Waals surface area contributed by atoms with Crippen molar-refractivity contribution in [3.8, 4) is 17.1 Å². The molecule has 8 nitrogen and oxygen atoms in total. The van der Waals surface area contributed by atoms with Gasteiger partial charge in [-0.15, -0.1) is 0 Å². The first-order chi connectivity index (χ1) is 12.6. The fraction of sp³-hybridized carbons (Fsp3) is 0.333. The van der Waals surface area contributed by atoms with E-state index >= 15 is 0 Å². The van der Waals surface area contributed by atoms with Crippen LogP contribution in [0.4, 0.5) is 0 Å². The fourth-order valence-electron chi connectivity index (χ4n) is 2.97. The zero-order chi connectivity index (χ0) is 18.1. The van der Waals surface area contributed by atoms with Crippen LogP contribution in [0, 0.1) is 0 Å². The number of benzene rings is 1. The maximum absolute atomic E-state index is 12.4. The average Bonchev–Trinajstić information content (AvgIpc) is 3.30. The lowest BCUT2D eigenvalue weighted by atomic mass is 9.98. The van der Waals surface area contributed by atoms with Gasteiger partial charge in [-0.25, -0.2) is 0 Å². The molecule has 0 spiro atoms. The quantitative estimate of drug-likeness (QED) is 0.773. The van der Waals surface area contributed by atoms with Gasteiger partial charge in [0.2, 0.25) is 11.7 Å². The monoisotopic (exact) mass is 353 g/mol.